The predicted molar refractivity (Wildman–Crippen MR) is 143 cm³/mol. The molecule has 1 aromatic heterocycles. The molecule has 1 N–H and O–H groups in total. The van der Waals surface area contributed by atoms with Crippen molar-refractivity contribution in [2.24, 2.45) is 0 Å². The number of halogens is 1. The standard InChI is InChI=1S/C26H22ClN5O4S/c27-16-4-5-21(37)19(14-16)24(34)29-20-3-1-2-18-23(20)26(36)32(25(18)35)15-22(33)31-12-10-30(11-13-31)17-6-8-28-9-7-17/h1-4,6-9,14H,5,10-13,15H2,(H,29,34). The maximum absolute atomic E-state index is 13.3. The number of carbonyl (C=O) groups excluding carboxylic acids is 4. The van der Waals surface area contributed by atoms with Crippen LogP contribution in [0.3, 0.4) is 0 Å². The third-order valence-electron chi connectivity index (χ3n) is 6.51. The van der Waals surface area contributed by atoms with E-state index >= 15 is 0 Å². The number of benzene rings is 1. The summed E-state index contributed by atoms with van der Waals surface area (Å²) in [5.74, 6) is -2.03. The van der Waals surface area contributed by atoms with Gasteiger partial charge in [-0.25, -0.2) is 0 Å². The number of amides is 4. The highest BCUT2D eigenvalue weighted by atomic mass is 35.5. The molecular formula is C26H22ClN5O4S. The molecule has 1 aliphatic carbocycles. The van der Waals surface area contributed by atoms with E-state index in [2.05, 4.69) is 15.2 Å². The molecule has 2 aliphatic heterocycles. The number of fused-ring (bicyclic) bond motifs is 1. The fourth-order valence-electron chi connectivity index (χ4n) is 4.54. The van der Waals surface area contributed by atoms with Gasteiger partial charge in [0.1, 0.15) is 6.54 Å². The summed E-state index contributed by atoms with van der Waals surface area (Å²) < 4.78 is 0. The molecule has 0 radical (unpaired) electrons. The Hall–Kier alpha value is -3.89. The Kier molecular flexibility index (Phi) is 6.86. The molecule has 0 atom stereocenters. The molecule has 1 aromatic carbocycles. The van der Waals surface area contributed by atoms with Crippen molar-refractivity contribution < 1.29 is 19.2 Å². The van der Waals surface area contributed by atoms with Crippen molar-refractivity contribution in [2.75, 3.05) is 42.9 Å². The number of piperazine rings is 1. The SMILES string of the molecule is O=C(Nc1cccc2c1C(=O)N(CC(=O)N1CCN(c3ccncc3)CC1)C2=O)C1=CC(Cl)=CCC1=S. The monoisotopic (exact) mass is 535 g/mol. The number of rotatable bonds is 5. The summed E-state index contributed by atoms with van der Waals surface area (Å²) in [5, 5.41) is 3.08. The van der Waals surface area contributed by atoms with Crippen LogP contribution in [0.5, 0.6) is 0 Å². The summed E-state index contributed by atoms with van der Waals surface area (Å²) in [6, 6.07) is 8.44. The van der Waals surface area contributed by atoms with Gasteiger partial charge in [-0.05, 0) is 30.3 Å². The van der Waals surface area contributed by atoms with E-state index in [0.717, 1.165) is 10.6 Å². The van der Waals surface area contributed by atoms with Gasteiger partial charge >= 0.3 is 0 Å². The molecule has 2 aromatic rings. The Labute approximate surface area is 223 Å². The number of imide groups is 1. The number of hydrogen-bond donors (Lipinski definition) is 1. The van der Waals surface area contributed by atoms with Gasteiger partial charge in [0, 0.05) is 60.6 Å². The summed E-state index contributed by atoms with van der Waals surface area (Å²) in [4.78, 5) is 61.4. The van der Waals surface area contributed by atoms with Gasteiger partial charge in [-0.3, -0.25) is 29.1 Å². The van der Waals surface area contributed by atoms with Gasteiger partial charge in [-0.2, -0.15) is 0 Å². The molecule has 0 unspecified atom stereocenters. The molecule has 3 aliphatic rings. The van der Waals surface area contributed by atoms with Crippen LogP contribution in [0.2, 0.25) is 0 Å². The molecular weight excluding hydrogens is 514 g/mol. The van der Waals surface area contributed by atoms with Gasteiger partial charge in [-0.1, -0.05) is 36.0 Å². The molecule has 0 bridgehead atoms. The first kappa shape index (κ1) is 24.8. The number of aromatic nitrogens is 1. The lowest BCUT2D eigenvalue weighted by molar-refractivity contribution is -0.131. The third-order valence-corrected chi connectivity index (χ3v) is 7.16. The van der Waals surface area contributed by atoms with E-state index < -0.39 is 17.7 Å². The number of carbonyl (C=O) groups is 4. The average molecular weight is 536 g/mol. The van der Waals surface area contributed by atoms with E-state index in [4.69, 9.17) is 23.8 Å². The van der Waals surface area contributed by atoms with Gasteiger partial charge in [0.05, 0.1) is 22.4 Å². The first-order chi connectivity index (χ1) is 17.8. The number of anilines is 2. The third kappa shape index (κ3) is 4.90. The highest BCUT2D eigenvalue weighted by Gasteiger charge is 2.40. The molecule has 0 spiro atoms. The number of pyridine rings is 1. The zero-order valence-electron chi connectivity index (χ0n) is 19.6. The topological polar surface area (TPSA) is 103 Å². The van der Waals surface area contributed by atoms with Gasteiger partial charge in [0.25, 0.3) is 17.7 Å². The first-order valence-electron chi connectivity index (χ1n) is 11.7. The van der Waals surface area contributed by atoms with Crippen molar-refractivity contribution >= 4 is 63.7 Å². The van der Waals surface area contributed by atoms with Crippen LogP contribution >= 0.6 is 23.8 Å². The van der Waals surface area contributed by atoms with E-state index in [1.807, 2.05) is 12.1 Å². The lowest BCUT2D eigenvalue weighted by Crippen LogP contribution is -2.51. The van der Waals surface area contributed by atoms with Crippen LogP contribution in [0.1, 0.15) is 27.1 Å². The summed E-state index contributed by atoms with van der Waals surface area (Å²) in [7, 11) is 0. The first-order valence-corrected chi connectivity index (χ1v) is 12.5. The van der Waals surface area contributed by atoms with Crippen molar-refractivity contribution in [2.45, 2.75) is 6.42 Å². The Balaban J connectivity index is 1.27. The highest BCUT2D eigenvalue weighted by molar-refractivity contribution is 7.81. The number of thiocarbonyl (C=S) groups is 1. The average Bonchev–Trinajstić information content (AvgIpc) is 3.16. The minimum Gasteiger partial charge on any atom is -0.368 e. The molecule has 37 heavy (non-hydrogen) atoms. The maximum atomic E-state index is 13.3. The maximum Gasteiger partial charge on any atom is 0.264 e. The number of allylic oxidation sites excluding steroid dienone is 3. The summed E-state index contributed by atoms with van der Waals surface area (Å²) >= 11 is 11.3. The van der Waals surface area contributed by atoms with Crippen LogP contribution in [0.15, 0.2) is 65.5 Å². The molecule has 1 fully saturated rings. The van der Waals surface area contributed by atoms with Crippen LogP contribution in [-0.4, -0.2) is 76.0 Å². The van der Waals surface area contributed by atoms with Crippen LogP contribution in [0.25, 0.3) is 0 Å². The van der Waals surface area contributed by atoms with E-state index in [1.54, 1.807) is 29.4 Å². The molecule has 1 saturated heterocycles. The van der Waals surface area contributed by atoms with Crippen molar-refractivity contribution in [3.63, 3.8) is 0 Å². The lowest BCUT2D eigenvalue weighted by atomic mass is 10.0. The van der Waals surface area contributed by atoms with Gasteiger partial charge in [0.2, 0.25) is 5.91 Å². The molecule has 4 amide bonds. The Morgan fingerprint density at radius 3 is 2.49 bits per heavy atom. The Morgan fingerprint density at radius 2 is 1.76 bits per heavy atom. The van der Waals surface area contributed by atoms with Crippen molar-refractivity contribution in [1.29, 1.82) is 0 Å². The van der Waals surface area contributed by atoms with E-state index in [-0.39, 0.29) is 34.8 Å². The fraction of sp³-hybridized carbons (Fsp3) is 0.231. The van der Waals surface area contributed by atoms with Gasteiger partial charge in [0.15, 0.2) is 0 Å². The van der Waals surface area contributed by atoms with Crippen LogP contribution in [-0.2, 0) is 9.59 Å². The molecule has 188 valence electrons. The van der Waals surface area contributed by atoms with Crippen molar-refractivity contribution in [3.05, 3.63) is 76.6 Å². The smallest absolute Gasteiger partial charge is 0.264 e. The largest absolute Gasteiger partial charge is 0.368 e. The second-order valence-corrected chi connectivity index (χ2v) is 9.66. The van der Waals surface area contributed by atoms with Crippen LogP contribution < -0.4 is 10.2 Å². The molecule has 3 heterocycles. The van der Waals surface area contributed by atoms with E-state index in [0.29, 0.717) is 42.5 Å². The summed E-state index contributed by atoms with van der Waals surface area (Å²) in [6.07, 6.45) is 6.98. The Bertz CT molecular complexity index is 1380. The number of nitrogens with one attached hydrogen (secondary N) is 1. The normalized spacial score (nSPS) is 17.4. The van der Waals surface area contributed by atoms with Gasteiger partial charge in [-0.15, -0.1) is 0 Å². The lowest BCUT2D eigenvalue weighted by Gasteiger charge is -2.36. The van der Waals surface area contributed by atoms with E-state index in [1.165, 1.54) is 18.2 Å². The summed E-state index contributed by atoms with van der Waals surface area (Å²) in [5.41, 5.74) is 1.63. The molecule has 11 heteroatoms. The molecule has 5 rings (SSSR count). The molecule has 9 nitrogen and oxygen atoms in total. The number of hydrogen-bond acceptors (Lipinski definition) is 7. The second kappa shape index (κ2) is 10.2. The highest BCUT2D eigenvalue weighted by Crippen LogP contribution is 2.30. The summed E-state index contributed by atoms with van der Waals surface area (Å²) in [6.45, 7) is 1.83. The van der Waals surface area contributed by atoms with Crippen molar-refractivity contribution in [1.82, 2.24) is 14.8 Å². The number of nitrogens with zero attached hydrogens (tertiary/aromatic N) is 4. The quantitative estimate of drug-likeness (QED) is 0.464. The Morgan fingerprint density at radius 1 is 1.03 bits per heavy atom. The zero-order valence-corrected chi connectivity index (χ0v) is 21.2. The van der Waals surface area contributed by atoms with Gasteiger partial charge < -0.3 is 15.1 Å². The van der Waals surface area contributed by atoms with Crippen molar-refractivity contribution in [3.8, 4) is 0 Å². The molecule has 0 saturated carbocycles. The van der Waals surface area contributed by atoms with E-state index in [9.17, 15) is 19.2 Å². The minimum atomic E-state index is -0.627. The van der Waals surface area contributed by atoms with Crippen LogP contribution in [0.4, 0.5) is 11.4 Å². The second-order valence-electron chi connectivity index (χ2n) is 8.73. The minimum absolute atomic E-state index is 0.0557. The predicted octanol–water partition coefficient (Wildman–Crippen LogP) is 2.79. The van der Waals surface area contributed by atoms with Crippen LogP contribution in [0, 0.1) is 0 Å². The zero-order chi connectivity index (χ0) is 26.1. The fourth-order valence-corrected chi connectivity index (χ4v) is 4.97.